The summed E-state index contributed by atoms with van der Waals surface area (Å²) in [6, 6.07) is 6.55. The highest BCUT2D eigenvalue weighted by atomic mass is 16.5. The summed E-state index contributed by atoms with van der Waals surface area (Å²) in [6.45, 7) is 4.48. The zero-order valence-electron chi connectivity index (χ0n) is 14.0. The molecular formula is C18H29NO2. The van der Waals surface area contributed by atoms with Gasteiger partial charge in [0.15, 0.2) is 0 Å². The van der Waals surface area contributed by atoms with Gasteiger partial charge in [-0.05, 0) is 56.0 Å². The number of hydrogen-bond acceptors (Lipinski definition) is 3. The van der Waals surface area contributed by atoms with E-state index in [0.29, 0.717) is 5.92 Å². The van der Waals surface area contributed by atoms with E-state index in [9.17, 15) is 0 Å². The zero-order valence-corrected chi connectivity index (χ0v) is 14.0. The second kappa shape index (κ2) is 6.80. The van der Waals surface area contributed by atoms with Crippen molar-refractivity contribution in [1.29, 1.82) is 0 Å². The number of rotatable bonds is 5. The Morgan fingerprint density at radius 3 is 2.62 bits per heavy atom. The molecule has 1 aliphatic rings. The van der Waals surface area contributed by atoms with Crippen LogP contribution < -0.4 is 10.1 Å². The standard InChI is InChI=1S/C18H29NO2/c1-13-7-6-10-18(12-13,21-5)17(19-3)16-9-8-15(20-4)11-14(16)2/h8-9,11,13,17,19H,6-7,10,12H2,1-5H3. The lowest BCUT2D eigenvalue weighted by Crippen LogP contribution is -2.47. The molecule has 3 nitrogen and oxygen atoms in total. The highest BCUT2D eigenvalue weighted by molar-refractivity contribution is 5.38. The average Bonchev–Trinajstić information content (AvgIpc) is 2.49. The lowest BCUT2D eigenvalue weighted by Gasteiger charge is -2.45. The van der Waals surface area contributed by atoms with Crippen LogP contribution in [0, 0.1) is 12.8 Å². The minimum Gasteiger partial charge on any atom is -0.497 e. The fourth-order valence-electron chi connectivity index (χ4n) is 3.91. The first-order chi connectivity index (χ1) is 10.1. The van der Waals surface area contributed by atoms with Gasteiger partial charge in [0.2, 0.25) is 0 Å². The van der Waals surface area contributed by atoms with Crippen LogP contribution in [-0.2, 0) is 4.74 Å². The second-order valence-corrected chi connectivity index (χ2v) is 6.41. The molecule has 0 radical (unpaired) electrons. The zero-order chi connectivity index (χ0) is 15.5. The van der Waals surface area contributed by atoms with Gasteiger partial charge in [-0.2, -0.15) is 0 Å². The molecule has 21 heavy (non-hydrogen) atoms. The molecular weight excluding hydrogens is 262 g/mol. The van der Waals surface area contributed by atoms with Crippen molar-refractivity contribution in [2.24, 2.45) is 5.92 Å². The maximum absolute atomic E-state index is 6.07. The summed E-state index contributed by atoms with van der Waals surface area (Å²) in [5.41, 5.74) is 2.46. The van der Waals surface area contributed by atoms with Crippen LogP contribution in [0.1, 0.15) is 49.8 Å². The van der Waals surface area contributed by atoms with Gasteiger partial charge in [-0.1, -0.05) is 25.8 Å². The summed E-state index contributed by atoms with van der Waals surface area (Å²) in [5, 5.41) is 3.51. The van der Waals surface area contributed by atoms with E-state index >= 15 is 0 Å². The minimum atomic E-state index is -0.105. The van der Waals surface area contributed by atoms with Crippen molar-refractivity contribution in [2.45, 2.75) is 51.2 Å². The van der Waals surface area contributed by atoms with Gasteiger partial charge in [0, 0.05) is 7.11 Å². The van der Waals surface area contributed by atoms with Crippen molar-refractivity contribution in [1.82, 2.24) is 5.32 Å². The lowest BCUT2D eigenvalue weighted by molar-refractivity contribution is -0.0791. The number of hydrogen-bond donors (Lipinski definition) is 1. The molecule has 118 valence electrons. The Morgan fingerprint density at radius 1 is 1.33 bits per heavy atom. The summed E-state index contributed by atoms with van der Waals surface area (Å²) in [7, 11) is 5.61. The Labute approximate surface area is 129 Å². The van der Waals surface area contributed by atoms with Gasteiger partial charge in [0.1, 0.15) is 5.75 Å². The first-order valence-corrected chi connectivity index (χ1v) is 7.93. The maximum atomic E-state index is 6.07. The molecule has 0 amide bonds. The Hall–Kier alpha value is -1.06. The molecule has 2 rings (SSSR count). The highest BCUT2D eigenvalue weighted by Gasteiger charge is 2.42. The fraction of sp³-hybridized carbons (Fsp3) is 0.667. The number of methoxy groups -OCH3 is 2. The third kappa shape index (κ3) is 3.24. The molecule has 0 aromatic heterocycles. The molecule has 1 aromatic rings. The number of likely N-dealkylation sites (N-methyl/N-ethyl adjacent to an activating group) is 1. The quantitative estimate of drug-likeness (QED) is 0.893. The second-order valence-electron chi connectivity index (χ2n) is 6.41. The maximum Gasteiger partial charge on any atom is 0.119 e. The molecule has 0 aliphatic heterocycles. The first kappa shape index (κ1) is 16.3. The Balaban J connectivity index is 2.37. The van der Waals surface area contributed by atoms with E-state index in [1.165, 1.54) is 24.0 Å². The van der Waals surface area contributed by atoms with Crippen molar-refractivity contribution < 1.29 is 9.47 Å². The molecule has 0 saturated heterocycles. The van der Waals surface area contributed by atoms with Gasteiger partial charge < -0.3 is 14.8 Å². The topological polar surface area (TPSA) is 30.5 Å². The van der Waals surface area contributed by atoms with Crippen molar-refractivity contribution in [3.63, 3.8) is 0 Å². The molecule has 1 saturated carbocycles. The van der Waals surface area contributed by atoms with Crippen LogP contribution in [0.25, 0.3) is 0 Å². The predicted molar refractivity (Wildman–Crippen MR) is 86.9 cm³/mol. The SMILES string of the molecule is CNC(c1ccc(OC)cc1C)C1(OC)CCCC(C)C1. The van der Waals surface area contributed by atoms with E-state index in [0.717, 1.165) is 18.6 Å². The van der Waals surface area contributed by atoms with Gasteiger partial charge >= 0.3 is 0 Å². The van der Waals surface area contributed by atoms with Gasteiger partial charge in [-0.3, -0.25) is 0 Å². The van der Waals surface area contributed by atoms with E-state index in [4.69, 9.17) is 9.47 Å². The summed E-state index contributed by atoms with van der Waals surface area (Å²) < 4.78 is 11.4. The number of nitrogens with one attached hydrogen (secondary N) is 1. The van der Waals surface area contributed by atoms with Crippen LogP contribution in [0.3, 0.4) is 0 Å². The molecule has 3 unspecified atom stereocenters. The van der Waals surface area contributed by atoms with Crippen LogP contribution >= 0.6 is 0 Å². The van der Waals surface area contributed by atoms with Crippen LogP contribution in [-0.4, -0.2) is 26.9 Å². The van der Waals surface area contributed by atoms with E-state index in [2.05, 4.69) is 31.3 Å². The van der Waals surface area contributed by atoms with E-state index in [-0.39, 0.29) is 11.6 Å². The molecule has 1 aromatic carbocycles. The summed E-state index contributed by atoms with van der Waals surface area (Å²) in [5.74, 6) is 1.63. The molecule has 1 aliphatic carbocycles. The van der Waals surface area contributed by atoms with Gasteiger partial charge in [-0.25, -0.2) is 0 Å². The van der Waals surface area contributed by atoms with Crippen molar-refractivity contribution in [3.8, 4) is 5.75 Å². The Kier molecular flexibility index (Phi) is 5.28. The van der Waals surface area contributed by atoms with Crippen LogP contribution in [0.5, 0.6) is 5.75 Å². The monoisotopic (exact) mass is 291 g/mol. The smallest absolute Gasteiger partial charge is 0.119 e. The minimum absolute atomic E-state index is 0.105. The summed E-state index contributed by atoms with van der Waals surface area (Å²) >= 11 is 0. The third-order valence-corrected chi connectivity index (χ3v) is 5.00. The van der Waals surface area contributed by atoms with Crippen LogP contribution in [0.15, 0.2) is 18.2 Å². The summed E-state index contributed by atoms with van der Waals surface area (Å²) in [4.78, 5) is 0. The first-order valence-electron chi connectivity index (χ1n) is 7.93. The van der Waals surface area contributed by atoms with Crippen molar-refractivity contribution in [2.75, 3.05) is 21.3 Å². The Morgan fingerprint density at radius 2 is 2.10 bits per heavy atom. The normalized spacial score (nSPS) is 27.4. The van der Waals surface area contributed by atoms with Gasteiger partial charge in [0.05, 0.1) is 18.8 Å². The van der Waals surface area contributed by atoms with E-state index < -0.39 is 0 Å². The van der Waals surface area contributed by atoms with Crippen LogP contribution in [0.4, 0.5) is 0 Å². The summed E-state index contributed by atoms with van der Waals surface area (Å²) in [6.07, 6.45) is 4.77. The Bertz CT molecular complexity index is 474. The van der Waals surface area contributed by atoms with E-state index in [1.54, 1.807) is 7.11 Å². The molecule has 0 heterocycles. The molecule has 3 heteroatoms. The van der Waals surface area contributed by atoms with Crippen molar-refractivity contribution >= 4 is 0 Å². The lowest BCUT2D eigenvalue weighted by atomic mass is 9.72. The molecule has 0 spiro atoms. The largest absolute Gasteiger partial charge is 0.497 e. The fourth-order valence-corrected chi connectivity index (χ4v) is 3.91. The molecule has 0 bridgehead atoms. The molecule has 1 N–H and O–H groups in total. The highest BCUT2D eigenvalue weighted by Crippen LogP contribution is 2.44. The third-order valence-electron chi connectivity index (χ3n) is 5.00. The van der Waals surface area contributed by atoms with Crippen molar-refractivity contribution in [3.05, 3.63) is 29.3 Å². The number of ether oxygens (including phenoxy) is 2. The molecule has 1 fully saturated rings. The number of benzene rings is 1. The number of aryl methyl sites for hydroxylation is 1. The molecule has 3 atom stereocenters. The average molecular weight is 291 g/mol. The van der Waals surface area contributed by atoms with Gasteiger partial charge in [0.25, 0.3) is 0 Å². The predicted octanol–water partition coefficient (Wildman–Crippen LogP) is 3.86. The van der Waals surface area contributed by atoms with Crippen LogP contribution in [0.2, 0.25) is 0 Å². The van der Waals surface area contributed by atoms with Gasteiger partial charge in [-0.15, -0.1) is 0 Å². The van der Waals surface area contributed by atoms with E-state index in [1.807, 2.05) is 20.2 Å².